The Morgan fingerprint density at radius 2 is 2.50 bits per heavy atom. The molecule has 1 unspecified atom stereocenters. The largest absolute Gasteiger partial charge is 0.605 e. The summed E-state index contributed by atoms with van der Waals surface area (Å²) in [5, 5.41) is 0. The highest BCUT2D eigenvalue weighted by atomic mass is 33.1. The van der Waals surface area contributed by atoms with Gasteiger partial charge in [0.25, 0.3) is 0 Å². The molecule has 0 saturated carbocycles. The third kappa shape index (κ3) is 4.40. The highest BCUT2D eigenvalue weighted by Crippen LogP contribution is 1.92. The van der Waals surface area contributed by atoms with E-state index in [0.717, 1.165) is 0 Å². The topological polar surface area (TPSA) is 23.1 Å². The normalized spacial score (nSPS) is 13.7. The molecule has 0 heterocycles. The lowest BCUT2D eigenvalue weighted by molar-refractivity contribution is 0.612. The SMILES string of the molecule is C=CC[S+]([O-])S. The Morgan fingerprint density at radius 1 is 2.00 bits per heavy atom. The molecule has 0 amide bonds. The van der Waals surface area contributed by atoms with Crippen LogP contribution < -0.4 is 0 Å². The van der Waals surface area contributed by atoms with Crippen LogP contribution in [0.25, 0.3) is 0 Å². The van der Waals surface area contributed by atoms with E-state index >= 15 is 0 Å². The molecule has 1 nitrogen and oxygen atoms in total. The van der Waals surface area contributed by atoms with E-state index in [1.807, 2.05) is 0 Å². The zero-order valence-corrected chi connectivity index (χ0v) is 4.97. The summed E-state index contributed by atoms with van der Waals surface area (Å²) in [5.74, 6) is 0.475. The third-order valence-corrected chi connectivity index (χ3v) is 1.23. The van der Waals surface area contributed by atoms with E-state index in [-0.39, 0.29) is 0 Å². The van der Waals surface area contributed by atoms with Gasteiger partial charge in [-0.25, -0.2) is 0 Å². The van der Waals surface area contributed by atoms with E-state index in [0.29, 0.717) is 5.75 Å². The molecular weight excluding hydrogens is 116 g/mol. The van der Waals surface area contributed by atoms with Gasteiger partial charge in [-0.05, 0) is 6.08 Å². The van der Waals surface area contributed by atoms with Crippen molar-refractivity contribution in [3.05, 3.63) is 12.7 Å². The fraction of sp³-hybridized carbons (Fsp3) is 0.333. The molecule has 0 aliphatic rings. The molecule has 0 aliphatic carbocycles. The summed E-state index contributed by atoms with van der Waals surface area (Å²) in [6.07, 6.45) is 1.57. The van der Waals surface area contributed by atoms with Gasteiger partial charge >= 0.3 is 0 Å². The zero-order chi connectivity index (χ0) is 4.99. The van der Waals surface area contributed by atoms with Crippen LogP contribution in [-0.2, 0) is 10.2 Å². The molecule has 36 valence electrons. The predicted octanol–water partition coefficient (Wildman–Crippen LogP) is 0.766. The van der Waals surface area contributed by atoms with E-state index in [1.165, 1.54) is 0 Å². The zero-order valence-electron chi connectivity index (χ0n) is 3.26. The molecule has 0 aromatic carbocycles. The molecule has 6 heavy (non-hydrogen) atoms. The van der Waals surface area contributed by atoms with Crippen molar-refractivity contribution in [1.82, 2.24) is 0 Å². The van der Waals surface area contributed by atoms with Crippen LogP contribution in [0.3, 0.4) is 0 Å². The highest BCUT2D eigenvalue weighted by Gasteiger charge is 1.87. The van der Waals surface area contributed by atoms with Crippen molar-refractivity contribution < 1.29 is 4.55 Å². The van der Waals surface area contributed by atoms with E-state index in [2.05, 4.69) is 18.2 Å². The second-order valence-corrected chi connectivity index (χ2v) is 2.97. The van der Waals surface area contributed by atoms with Crippen LogP contribution in [0.4, 0.5) is 0 Å². The van der Waals surface area contributed by atoms with Crippen LogP contribution in [0.15, 0.2) is 12.7 Å². The second kappa shape index (κ2) is 3.59. The van der Waals surface area contributed by atoms with Crippen LogP contribution in [0, 0.1) is 0 Å². The molecule has 0 aromatic rings. The first-order valence-corrected chi connectivity index (χ1v) is 3.83. The van der Waals surface area contributed by atoms with Crippen molar-refractivity contribution in [2.24, 2.45) is 0 Å². The second-order valence-electron chi connectivity index (χ2n) is 0.777. The monoisotopic (exact) mass is 122 g/mol. The van der Waals surface area contributed by atoms with Crippen LogP contribution in [0.5, 0.6) is 0 Å². The van der Waals surface area contributed by atoms with E-state index in [1.54, 1.807) is 6.08 Å². The smallest absolute Gasteiger partial charge is 0.135 e. The van der Waals surface area contributed by atoms with Gasteiger partial charge < -0.3 is 4.55 Å². The number of hydrogen-bond donors (Lipinski definition) is 1. The molecule has 0 bridgehead atoms. The first kappa shape index (κ1) is 6.40. The Hall–Kier alpha value is 0.400. The minimum atomic E-state index is -0.989. The minimum absolute atomic E-state index is 0.475. The predicted molar refractivity (Wildman–Crippen MR) is 32.2 cm³/mol. The average molecular weight is 122 g/mol. The van der Waals surface area contributed by atoms with Crippen molar-refractivity contribution in [1.29, 1.82) is 0 Å². The minimum Gasteiger partial charge on any atom is -0.605 e. The van der Waals surface area contributed by atoms with Gasteiger partial charge in [0.15, 0.2) is 0 Å². The molecule has 0 rings (SSSR count). The van der Waals surface area contributed by atoms with E-state index in [9.17, 15) is 4.55 Å². The summed E-state index contributed by atoms with van der Waals surface area (Å²) < 4.78 is 9.95. The summed E-state index contributed by atoms with van der Waals surface area (Å²) in [5.41, 5.74) is 0. The molecule has 0 aromatic heterocycles. The summed E-state index contributed by atoms with van der Waals surface area (Å²) in [4.78, 5) is 0. The fourth-order valence-electron chi connectivity index (χ4n) is 0.101. The molecule has 3 heteroatoms. The molecule has 0 N–H and O–H groups in total. The summed E-state index contributed by atoms with van der Waals surface area (Å²) in [7, 11) is -0.989. The highest BCUT2D eigenvalue weighted by molar-refractivity contribution is 8.63. The van der Waals surface area contributed by atoms with Crippen molar-refractivity contribution in [2.45, 2.75) is 0 Å². The summed E-state index contributed by atoms with van der Waals surface area (Å²) >= 11 is 3.58. The molecule has 0 spiro atoms. The lowest BCUT2D eigenvalue weighted by Gasteiger charge is -1.93. The van der Waals surface area contributed by atoms with Gasteiger partial charge in [-0.1, -0.05) is 6.58 Å². The molecule has 0 aliphatic heterocycles. The standard InChI is InChI=1S/C3H6OS2/c1-2-3-6(4)5/h2H,1,3H2,(H,4,5). The van der Waals surface area contributed by atoms with E-state index < -0.39 is 10.2 Å². The number of hydrogen-bond acceptors (Lipinski definition) is 2. The van der Waals surface area contributed by atoms with Gasteiger partial charge in [0.2, 0.25) is 0 Å². The Morgan fingerprint density at radius 3 is 2.50 bits per heavy atom. The van der Waals surface area contributed by atoms with Gasteiger partial charge in [0, 0.05) is 10.2 Å². The van der Waals surface area contributed by atoms with Crippen LogP contribution in [-0.4, -0.2) is 10.3 Å². The Bertz CT molecular complexity index is 44.1. The first-order valence-electron chi connectivity index (χ1n) is 1.45. The average Bonchev–Trinajstić information content (AvgIpc) is 1.35. The van der Waals surface area contributed by atoms with Gasteiger partial charge in [-0.3, -0.25) is 0 Å². The molecule has 1 atom stereocenters. The summed E-state index contributed by atoms with van der Waals surface area (Å²) in [6, 6.07) is 0. The molecule has 0 radical (unpaired) electrons. The van der Waals surface area contributed by atoms with Gasteiger partial charge in [-0.15, -0.1) is 0 Å². The Kier molecular flexibility index (Phi) is 3.82. The van der Waals surface area contributed by atoms with Crippen LogP contribution in [0.2, 0.25) is 0 Å². The van der Waals surface area contributed by atoms with Gasteiger partial charge in [-0.2, -0.15) is 0 Å². The maximum Gasteiger partial charge on any atom is 0.135 e. The van der Waals surface area contributed by atoms with Crippen molar-refractivity contribution in [3.63, 3.8) is 0 Å². The van der Waals surface area contributed by atoms with Crippen LogP contribution in [0.1, 0.15) is 0 Å². The van der Waals surface area contributed by atoms with Crippen molar-refractivity contribution in [2.75, 3.05) is 5.75 Å². The molecule has 0 saturated heterocycles. The van der Waals surface area contributed by atoms with Gasteiger partial charge in [0.05, 0.1) is 11.7 Å². The lowest BCUT2D eigenvalue weighted by atomic mass is 10.8. The molecule has 0 fully saturated rings. The number of rotatable bonds is 2. The third-order valence-electron chi connectivity index (χ3n) is 0.260. The Labute approximate surface area is 45.4 Å². The molecular formula is C3H6OS2. The van der Waals surface area contributed by atoms with Gasteiger partial charge in [0.1, 0.15) is 5.75 Å². The Balaban J connectivity index is 2.81. The van der Waals surface area contributed by atoms with Crippen LogP contribution >= 0.6 is 11.7 Å². The maximum absolute atomic E-state index is 9.95. The fourth-order valence-corrected chi connectivity index (χ4v) is 0.619. The maximum atomic E-state index is 9.95. The number of thiol groups is 1. The van der Waals surface area contributed by atoms with E-state index in [4.69, 9.17) is 0 Å². The quantitative estimate of drug-likeness (QED) is 0.248. The first-order chi connectivity index (χ1) is 2.77. The van der Waals surface area contributed by atoms with Crippen molar-refractivity contribution >= 4 is 21.9 Å². The summed E-state index contributed by atoms with van der Waals surface area (Å²) in [6.45, 7) is 3.36. The lowest BCUT2D eigenvalue weighted by Crippen LogP contribution is -1.90. The van der Waals surface area contributed by atoms with Crippen molar-refractivity contribution in [3.8, 4) is 0 Å².